The number of ether oxygens (including phenoxy) is 1. The molecule has 2 aromatic heterocycles. The molecule has 1 amide bonds. The van der Waals surface area contributed by atoms with E-state index in [1.807, 2.05) is 36.1 Å². The topological polar surface area (TPSA) is 68.5 Å². The molecule has 26 heavy (non-hydrogen) atoms. The number of carbonyl (C=O) groups excluding carboxylic acids is 1. The maximum absolute atomic E-state index is 13.0. The first-order valence-corrected chi connectivity index (χ1v) is 9.96. The summed E-state index contributed by atoms with van der Waals surface area (Å²) in [7, 11) is 0. The van der Waals surface area contributed by atoms with E-state index >= 15 is 0 Å². The second-order valence-corrected chi connectivity index (χ2v) is 7.82. The molecular formula is C20H23N3O2S. The van der Waals surface area contributed by atoms with E-state index in [1.165, 1.54) is 17.8 Å². The Morgan fingerprint density at radius 2 is 2.23 bits per heavy atom. The minimum absolute atomic E-state index is 0.0387. The van der Waals surface area contributed by atoms with Crippen LogP contribution in [0.5, 0.6) is 5.75 Å². The molecule has 0 spiro atoms. The number of carbonyl (C=O) groups is 1. The van der Waals surface area contributed by atoms with Crippen LogP contribution in [0.1, 0.15) is 42.8 Å². The van der Waals surface area contributed by atoms with Gasteiger partial charge >= 0.3 is 0 Å². The fourth-order valence-corrected chi connectivity index (χ4v) is 4.67. The van der Waals surface area contributed by atoms with Crippen LogP contribution in [-0.4, -0.2) is 35.0 Å². The summed E-state index contributed by atoms with van der Waals surface area (Å²) in [6.07, 6.45) is 3.30. The lowest BCUT2D eigenvalue weighted by atomic mass is 10.0. The molecule has 3 heterocycles. The molecule has 1 aromatic carbocycles. The molecule has 1 fully saturated rings. The van der Waals surface area contributed by atoms with Crippen LogP contribution in [0.4, 0.5) is 5.69 Å². The van der Waals surface area contributed by atoms with Gasteiger partial charge in [0, 0.05) is 23.4 Å². The third-order valence-corrected chi connectivity index (χ3v) is 6.16. The maximum Gasteiger partial charge on any atom is 0.266 e. The van der Waals surface area contributed by atoms with Crippen molar-refractivity contribution in [1.82, 2.24) is 9.88 Å². The Balaban J connectivity index is 1.78. The first kappa shape index (κ1) is 17.1. The molecule has 1 saturated heterocycles. The number of amides is 1. The van der Waals surface area contributed by atoms with Crippen molar-refractivity contribution in [3.05, 3.63) is 29.1 Å². The summed E-state index contributed by atoms with van der Waals surface area (Å²) in [5.41, 5.74) is 7.80. The standard InChI is InChI=1S/C20H23N3O2S/c1-3-25-14-7-8-16-13(10-14)11-15-17(21)18(26-19(15)22-16)20(24)23-9-5-4-6-12(23)2/h7-8,10-12H,3-6,9,21H2,1-2H3/t12-/m1/s1. The highest BCUT2D eigenvalue weighted by Crippen LogP contribution is 2.36. The number of nitrogens with zero attached hydrogens (tertiary/aromatic N) is 2. The number of piperidine rings is 1. The Bertz CT molecular complexity index is 982. The molecule has 3 aromatic rings. The van der Waals surface area contributed by atoms with Gasteiger partial charge in [0.1, 0.15) is 15.5 Å². The van der Waals surface area contributed by atoms with Crippen LogP contribution in [0.15, 0.2) is 24.3 Å². The van der Waals surface area contributed by atoms with Gasteiger partial charge in [0.2, 0.25) is 0 Å². The molecule has 0 unspecified atom stereocenters. The minimum Gasteiger partial charge on any atom is -0.494 e. The van der Waals surface area contributed by atoms with Gasteiger partial charge in [-0.05, 0) is 57.4 Å². The third-order valence-electron chi connectivity index (χ3n) is 5.05. The summed E-state index contributed by atoms with van der Waals surface area (Å²) in [6.45, 7) is 5.50. The van der Waals surface area contributed by atoms with E-state index in [0.29, 0.717) is 17.2 Å². The average molecular weight is 369 g/mol. The summed E-state index contributed by atoms with van der Waals surface area (Å²) >= 11 is 1.40. The zero-order valence-corrected chi connectivity index (χ0v) is 15.9. The largest absolute Gasteiger partial charge is 0.494 e. The van der Waals surface area contributed by atoms with Crippen LogP contribution < -0.4 is 10.5 Å². The van der Waals surface area contributed by atoms with E-state index in [1.54, 1.807) is 0 Å². The highest BCUT2D eigenvalue weighted by atomic mass is 32.1. The quantitative estimate of drug-likeness (QED) is 0.741. The second kappa shape index (κ2) is 6.76. The van der Waals surface area contributed by atoms with Gasteiger partial charge in [-0.25, -0.2) is 4.98 Å². The number of aromatic nitrogens is 1. The Morgan fingerprint density at radius 1 is 1.38 bits per heavy atom. The van der Waals surface area contributed by atoms with E-state index in [0.717, 1.165) is 46.3 Å². The SMILES string of the molecule is CCOc1ccc2nc3sc(C(=O)N4CCCC[C@H]4C)c(N)c3cc2c1. The first-order valence-electron chi connectivity index (χ1n) is 9.15. The molecule has 0 aliphatic carbocycles. The monoisotopic (exact) mass is 369 g/mol. The number of nitrogens with two attached hydrogens (primary N) is 1. The Kier molecular flexibility index (Phi) is 4.44. The number of pyridine rings is 1. The lowest BCUT2D eigenvalue weighted by Gasteiger charge is -2.33. The lowest BCUT2D eigenvalue weighted by molar-refractivity contribution is 0.0642. The Morgan fingerprint density at radius 3 is 3.00 bits per heavy atom. The van der Waals surface area contributed by atoms with Crippen molar-refractivity contribution in [3.8, 4) is 5.75 Å². The molecule has 2 N–H and O–H groups in total. The number of anilines is 1. The molecule has 136 valence electrons. The summed E-state index contributed by atoms with van der Waals surface area (Å²) in [5.74, 6) is 0.852. The molecule has 6 heteroatoms. The maximum atomic E-state index is 13.0. The predicted octanol–water partition coefficient (Wildman–Crippen LogP) is 4.45. The minimum atomic E-state index is 0.0387. The fourth-order valence-electron chi connectivity index (χ4n) is 3.63. The van der Waals surface area contributed by atoms with Crippen LogP contribution in [0.3, 0.4) is 0 Å². The number of likely N-dealkylation sites (tertiary alicyclic amines) is 1. The number of hydrogen-bond acceptors (Lipinski definition) is 5. The van der Waals surface area contributed by atoms with Gasteiger partial charge in [-0.3, -0.25) is 4.79 Å². The molecule has 0 radical (unpaired) electrons. The van der Waals surface area contributed by atoms with Crippen molar-refractivity contribution < 1.29 is 9.53 Å². The van der Waals surface area contributed by atoms with Crippen molar-refractivity contribution in [1.29, 1.82) is 0 Å². The second-order valence-electron chi connectivity index (χ2n) is 6.82. The number of nitrogen functional groups attached to an aromatic ring is 1. The average Bonchev–Trinajstić information content (AvgIpc) is 2.96. The highest BCUT2D eigenvalue weighted by molar-refractivity contribution is 7.21. The van der Waals surface area contributed by atoms with E-state index in [4.69, 9.17) is 15.5 Å². The number of thiophene rings is 1. The summed E-state index contributed by atoms with van der Waals surface area (Å²) in [5, 5.41) is 1.82. The number of hydrogen-bond donors (Lipinski definition) is 1. The molecule has 0 saturated carbocycles. The van der Waals surface area contributed by atoms with Gasteiger partial charge in [-0.15, -0.1) is 11.3 Å². The molecule has 4 rings (SSSR count). The highest BCUT2D eigenvalue weighted by Gasteiger charge is 2.28. The van der Waals surface area contributed by atoms with Crippen molar-refractivity contribution in [3.63, 3.8) is 0 Å². The smallest absolute Gasteiger partial charge is 0.266 e. The van der Waals surface area contributed by atoms with Crippen LogP contribution in [0, 0.1) is 0 Å². The molecule has 1 atom stereocenters. The van der Waals surface area contributed by atoms with Gasteiger partial charge in [0.25, 0.3) is 5.91 Å². The Hall–Kier alpha value is -2.34. The van der Waals surface area contributed by atoms with Crippen LogP contribution in [-0.2, 0) is 0 Å². The first-order chi connectivity index (χ1) is 12.6. The molecular weight excluding hydrogens is 346 g/mol. The fraction of sp³-hybridized carbons (Fsp3) is 0.400. The van der Waals surface area contributed by atoms with Crippen LogP contribution in [0.2, 0.25) is 0 Å². The van der Waals surface area contributed by atoms with Gasteiger partial charge in [-0.1, -0.05) is 0 Å². The molecule has 1 aliphatic rings. The van der Waals surface area contributed by atoms with Crippen molar-refractivity contribution in [2.45, 2.75) is 39.2 Å². The summed E-state index contributed by atoms with van der Waals surface area (Å²) in [6, 6.07) is 8.12. The predicted molar refractivity (Wildman–Crippen MR) is 107 cm³/mol. The van der Waals surface area contributed by atoms with E-state index in [9.17, 15) is 4.79 Å². The third kappa shape index (κ3) is 2.88. The summed E-state index contributed by atoms with van der Waals surface area (Å²) < 4.78 is 5.57. The zero-order valence-electron chi connectivity index (χ0n) is 15.1. The van der Waals surface area contributed by atoms with Crippen molar-refractivity contribution in [2.75, 3.05) is 18.9 Å². The number of benzene rings is 1. The normalized spacial score (nSPS) is 17.8. The number of rotatable bonds is 3. The van der Waals surface area contributed by atoms with Crippen LogP contribution >= 0.6 is 11.3 Å². The van der Waals surface area contributed by atoms with E-state index in [-0.39, 0.29) is 11.9 Å². The lowest BCUT2D eigenvalue weighted by Crippen LogP contribution is -2.41. The van der Waals surface area contributed by atoms with Crippen LogP contribution in [0.25, 0.3) is 21.1 Å². The zero-order chi connectivity index (χ0) is 18.3. The van der Waals surface area contributed by atoms with E-state index < -0.39 is 0 Å². The van der Waals surface area contributed by atoms with Crippen molar-refractivity contribution in [2.24, 2.45) is 0 Å². The molecule has 0 bridgehead atoms. The van der Waals surface area contributed by atoms with Gasteiger partial charge in [0.05, 0.1) is 17.8 Å². The van der Waals surface area contributed by atoms with E-state index in [2.05, 4.69) is 6.92 Å². The number of fused-ring (bicyclic) bond motifs is 2. The summed E-state index contributed by atoms with van der Waals surface area (Å²) in [4.78, 5) is 21.1. The molecule has 1 aliphatic heterocycles. The Labute approximate surface area is 156 Å². The van der Waals surface area contributed by atoms with Gasteiger partial charge in [0.15, 0.2) is 0 Å². The van der Waals surface area contributed by atoms with Gasteiger partial charge < -0.3 is 15.4 Å². The van der Waals surface area contributed by atoms with Gasteiger partial charge in [-0.2, -0.15) is 0 Å². The van der Waals surface area contributed by atoms with Crippen molar-refractivity contribution >= 4 is 44.1 Å². The molecule has 5 nitrogen and oxygen atoms in total.